The van der Waals surface area contributed by atoms with Crippen LogP contribution in [0.25, 0.3) is 0 Å². The van der Waals surface area contributed by atoms with E-state index in [1.807, 2.05) is 17.2 Å². The molecule has 224 valence electrons. The number of aliphatic imine (C=N–C) groups is 1. The lowest BCUT2D eigenvalue weighted by Crippen LogP contribution is -2.48. The van der Waals surface area contributed by atoms with Crippen LogP contribution in [0.5, 0.6) is 11.5 Å². The number of benzene rings is 1. The van der Waals surface area contributed by atoms with Crippen molar-refractivity contribution < 1.29 is 9.53 Å². The van der Waals surface area contributed by atoms with Gasteiger partial charge in [-0.3, -0.25) is 9.36 Å². The average Bonchev–Trinajstić information content (AvgIpc) is 3.77. The summed E-state index contributed by atoms with van der Waals surface area (Å²) >= 11 is 0. The molecule has 11 heteroatoms. The van der Waals surface area contributed by atoms with Crippen LogP contribution in [0.1, 0.15) is 75.3 Å². The number of likely N-dealkylation sites (tertiary alicyclic amines) is 1. The van der Waals surface area contributed by atoms with Crippen molar-refractivity contribution in [2.75, 3.05) is 31.5 Å². The maximum absolute atomic E-state index is 13.1. The van der Waals surface area contributed by atoms with Crippen molar-refractivity contribution in [3.05, 3.63) is 52.8 Å². The van der Waals surface area contributed by atoms with E-state index in [-0.39, 0.29) is 17.6 Å². The van der Waals surface area contributed by atoms with Crippen LogP contribution in [0.3, 0.4) is 0 Å². The fourth-order valence-corrected chi connectivity index (χ4v) is 6.43. The third kappa shape index (κ3) is 6.07. The van der Waals surface area contributed by atoms with Gasteiger partial charge in [0.05, 0.1) is 17.4 Å². The molecule has 2 aliphatic carbocycles. The van der Waals surface area contributed by atoms with Crippen LogP contribution in [0.15, 0.2) is 46.6 Å². The molecular weight excluding hydrogens is 532 g/mol. The van der Waals surface area contributed by atoms with E-state index in [2.05, 4.69) is 51.4 Å². The Hall–Kier alpha value is -3.70. The number of hydrogen-bond acceptors (Lipinski definition) is 9. The SMILES string of the molecule is C=NC(=C)NCCCNC1CCC(n2cc3c(nc2=O)Nc2cc(C4CCN(C(=O)C5(N)CC5)CC4)ccc2O3)CC1. The summed E-state index contributed by atoms with van der Waals surface area (Å²) in [4.78, 5) is 35.7. The monoisotopic (exact) mass is 574 g/mol. The first-order chi connectivity index (χ1) is 20.3. The first kappa shape index (κ1) is 28.4. The molecule has 42 heavy (non-hydrogen) atoms. The summed E-state index contributed by atoms with van der Waals surface area (Å²) in [6, 6.07) is 6.75. The summed E-state index contributed by atoms with van der Waals surface area (Å²) < 4.78 is 7.98. The zero-order valence-electron chi connectivity index (χ0n) is 24.2. The van der Waals surface area contributed by atoms with Gasteiger partial charge in [-0.2, -0.15) is 4.98 Å². The lowest BCUT2D eigenvalue weighted by Gasteiger charge is -2.34. The van der Waals surface area contributed by atoms with E-state index in [1.54, 1.807) is 4.57 Å². The Kier molecular flexibility index (Phi) is 8.04. The van der Waals surface area contributed by atoms with Crippen LogP contribution < -0.4 is 32.1 Å². The molecule has 2 aromatic rings. The normalized spacial score (nSPS) is 22.6. The highest BCUT2D eigenvalue weighted by molar-refractivity contribution is 5.89. The van der Waals surface area contributed by atoms with Gasteiger partial charge in [-0.15, -0.1) is 0 Å². The number of nitrogens with zero attached hydrogens (tertiary/aromatic N) is 4. The first-order valence-corrected chi connectivity index (χ1v) is 15.3. The minimum absolute atomic E-state index is 0.105. The number of rotatable bonds is 10. The van der Waals surface area contributed by atoms with Crippen molar-refractivity contribution in [2.24, 2.45) is 10.7 Å². The fourth-order valence-electron chi connectivity index (χ4n) is 6.43. The van der Waals surface area contributed by atoms with Crippen LogP contribution in [0.4, 0.5) is 11.5 Å². The topological polar surface area (TPSA) is 139 Å². The molecule has 3 fully saturated rings. The second-order valence-electron chi connectivity index (χ2n) is 12.2. The van der Waals surface area contributed by atoms with Gasteiger partial charge in [0.15, 0.2) is 17.3 Å². The van der Waals surface area contributed by atoms with Crippen molar-refractivity contribution in [2.45, 2.75) is 81.3 Å². The Bertz CT molecular complexity index is 1400. The fraction of sp³-hybridized carbons (Fsp3) is 0.548. The Morgan fingerprint density at radius 1 is 1.14 bits per heavy atom. The molecule has 0 unspecified atom stereocenters. The number of nitrogens with one attached hydrogen (secondary N) is 3. The Morgan fingerprint density at radius 3 is 2.62 bits per heavy atom. The summed E-state index contributed by atoms with van der Waals surface area (Å²) in [7, 11) is 0. The Balaban J connectivity index is 1.03. The van der Waals surface area contributed by atoms with Gasteiger partial charge < -0.3 is 31.3 Å². The van der Waals surface area contributed by atoms with Gasteiger partial charge in [0.25, 0.3) is 0 Å². The number of piperidine rings is 1. The molecule has 0 bridgehead atoms. The lowest BCUT2D eigenvalue weighted by atomic mass is 9.88. The quantitative estimate of drug-likeness (QED) is 0.213. The summed E-state index contributed by atoms with van der Waals surface area (Å²) in [5.41, 5.74) is 7.28. The van der Waals surface area contributed by atoms with Gasteiger partial charge in [-0.05, 0) is 94.7 Å². The number of nitrogens with two attached hydrogens (primary N) is 1. The second kappa shape index (κ2) is 11.9. The van der Waals surface area contributed by atoms with E-state index in [1.165, 1.54) is 5.56 Å². The van der Waals surface area contributed by atoms with Crippen molar-refractivity contribution >= 4 is 24.1 Å². The molecule has 0 atom stereocenters. The molecule has 1 aromatic carbocycles. The minimum Gasteiger partial charge on any atom is -0.450 e. The number of carbonyl (C=O) groups is 1. The predicted molar refractivity (Wildman–Crippen MR) is 164 cm³/mol. The van der Waals surface area contributed by atoms with Crippen molar-refractivity contribution in [1.82, 2.24) is 25.1 Å². The van der Waals surface area contributed by atoms with Gasteiger partial charge in [-0.25, -0.2) is 9.79 Å². The van der Waals surface area contributed by atoms with Crippen LogP contribution in [0, 0.1) is 0 Å². The molecule has 0 spiro atoms. The maximum Gasteiger partial charge on any atom is 0.350 e. The van der Waals surface area contributed by atoms with E-state index in [9.17, 15) is 9.59 Å². The number of amides is 1. The molecule has 2 aliphatic heterocycles. The minimum atomic E-state index is -0.603. The molecule has 0 radical (unpaired) electrons. The summed E-state index contributed by atoms with van der Waals surface area (Å²) in [6.45, 7) is 10.4. The molecule has 3 heterocycles. The molecule has 1 aromatic heterocycles. The number of aromatic nitrogens is 2. The summed E-state index contributed by atoms with van der Waals surface area (Å²) in [5.74, 6) is 2.81. The first-order valence-electron chi connectivity index (χ1n) is 15.3. The van der Waals surface area contributed by atoms with Gasteiger partial charge in [-0.1, -0.05) is 12.6 Å². The highest BCUT2D eigenvalue weighted by Crippen LogP contribution is 2.43. The number of ether oxygens (including phenoxy) is 1. The van der Waals surface area contributed by atoms with Crippen molar-refractivity contribution in [3.63, 3.8) is 0 Å². The number of hydrogen-bond donors (Lipinski definition) is 4. The van der Waals surface area contributed by atoms with Crippen LogP contribution in [-0.2, 0) is 4.79 Å². The maximum atomic E-state index is 13.1. The Morgan fingerprint density at radius 2 is 1.90 bits per heavy atom. The standard InChI is InChI=1S/C31H42N8O3/c1-20(33-2)34-14-3-15-35-23-5-7-24(8-6-23)39-19-27-28(37-30(39)41)36-25-18-22(4-9-26(25)42-27)21-10-16-38(17-11-21)29(40)31(32)12-13-31/h4,9,18-19,21,23-24,34-35H,1-3,5-8,10-17,32H2,(H,36,37,41). The highest BCUT2D eigenvalue weighted by Gasteiger charge is 2.48. The smallest absolute Gasteiger partial charge is 0.350 e. The van der Waals surface area contributed by atoms with Crippen molar-refractivity contribution in [3.8, 4) is 11.5 Å². The summed E-state index contributed by atoms with van der Waals surface area (Å²) in [5, 5.41) is 10.1. The average molecular weight is 575 g/mol. The summed E-state index contributed by atoms with van der Waals surface area (Å²) in [6.07, 6.45) is 10.0. The van der Waals surface area contributed by atoms with E-state index < -0.39 is 5.54 Å². The van der Waals surface area contributed by atoms with E-state index >= 15 is 0 Å². The molecule has 6 rings (SSSR count). The number of fused-ring (bicyclic) bond motifs is 2. The third-order valence-electron chi connectivity index (χ3n) is 9.26. The Labute approximate surface area is 246 Å². The lowest BCUT2D eigenvalue weighted by molar-refractivity contribution is -0.134. The van der Waals surface area contributed by atoms with E-state index in [0.29, 0.717) is 29.3 Å². The molecular formula is C31H42N8O3. The highest BCUT2D eigenvalue weighted by atomic mass is 16.5. The molecule has 5 N–H and O–H groups in total. The van der Waals surface area contributed by atoms with Crippen LogP contribution in [-0.4, -0.2) is 64.8 Å². The van der Waals surface area contributed by atoms with Gasteiger partial charge in [0.1, 0.15) is 5.82 Å². The second-order valence-corrected chi connectivity index (χ2v) is 12.2. The van der Waals surface area contributed by atoms with Gasteiger partial charge in [0, 0.05) is 31.7 Å². The number of anilines is 2. The molecule has 1 saturated heterocycles. The zero-order valence-corrected chi connectivity index (χ0v) is 24.2. The van der Waals surface area contributed by atoms with E-state index in [0.717, 1.165) is 95.4 Å². The number of carbonyl (C=O) groups excluding carboxylic acids is 1. The third-order valence-corrected chi connectivity index (χ3v) is 9.26. The van der Waals surface area contributed by atoms with Gasteiger partial charge in [0.2, 0.25) is 5.91 Å². The van der Waals surface area contributed by atoms with Crippen LogP contribution in [0.2, 0.25) is 0 Å². The van der Waals surface area contributed by atoms with Crippen molar-refractivity contribution in [1.29, 1.82) is 0 Å². The van der Waals surface area contributed by atoms with Crippen LogP contribution >= 0.6 is 0 Å². The van der Waals surface area contributed by atoms with Gasteiger partial charge >= 0.3 is 5.69 Å². The zero-order chi connectivity index (χ0) is 29.3. The molecule has 2 saturated carbocycles. The predicted octanol–water partition coefficient (Wildman–Crippen LogP) is 3.51. The molecule has 11 nitrogen and oxygen atoms in total. The van der Waals surface area contributed by atoms with E-state index in [4.69, 9.17) is 10.5 Å². The molecule has 1 amide bonds. The molecule has 4 aliphatic rings. The largest absolute Gasteiger partial charge is 0.450 e.